The largest absolute Gasteiger partial charge is 0.497 e. The summed E-state index contributed by atoms with van der Waals surface area (Å²) < 4.78 is 4.75. The summed E-state index contributed by atoms with van der Waals surface area (Å²) in [6.45, 7) is -0.398. The molecular weight excluding hydrogens is 1060 g/mol. The van der Waals surface area contributed by atoms with Crippen LogP contribution in [0.2, 0.25) is 0 Å². The zero-order valence-corrected chi connectivity index (χ0v) is 46.3. The number of nitrogens with two attached hydrogens (primary N) is 5. The number of aliphatic imine (C=N–C) groups is 1. The van der Waals surface area contributed by atoms with Gasteiger partial charge < -0.3 is 75.5 Å². The quantitative estimate of drug-likeness (QED) is 0.0157. The number of guanidine groups is 1. The van der Waals surface area contributed by atoms with Crippen molar-refractivity contribution in [1.29, 1.82) is 0 Å². The minimum atomic E-state index is -1.51. The number of nitrogens with one attached hydrogen (secondary N) is 7. The molecule has 2 aliphatic rings. The van der Waals surface area contributed by atoms with Gasteiger partial charge in [-0.2, -0.15) is 25.3 Å². The molecule has 79 heavy (non-hydrogen) atoms. The van der Waals surface area contributed by atoms with Gasteiger partial charge in [0.05, 0.1) is 13.7 Å². The fourth-order valence-electron chi connectivity index (χ4n) is 9.30. The first-order valence-corrected chi connectivity index (χ1v) is 27.4. The van der Waals surface area contributed by atoms with Crippen LogP contribution in [0.3, 0.4) is 0 Å². The van der Waals surface area contributed by atoms with E-state index in [4.69, 9.17) is 46.0 Å². The van der Waals surface area contributed by atoms with Gasteiger partial charge in [-0.3, -0.25) is 52.9 Å². The van der Waals surface area contributed by atoms with E-state index in [0.29, 0.717) is 23.3 Å². The van der Waals surface area contributed by atoms with Gasteiger partial charge in [0, 0.05) is 49.3 Å². The number of thiol groups is 2. The Morgan fingerprint density at radius 1 is 0.671 bits per heavy atom. The average Bonchev–Trinajstić information content (AvgIpc) is 3.95. The molecule has 2 fully saturated rings. The number of carbonyl (C=O) groups is 10. The minimum absolute atomic E-state index is 0.0353. The molecule has 2 aromatic rings. The van der Waals surface area contributed by atoms with Gasteiger partial charge in [0.2, 0.25) is 59.1 Å². The Hall–Kier alpha value is -7.13. The molecule has 1 aliphatic heterocycles. The number of amides is 10. The molecule has 0 radical (unpaired) electrons. The van der Waals surface area contributed by atoms with Gasteiger partial charge in [-0.1, -0.05) is 61.7 Å². The van der Waals surface area contributed by atoms with Gasteiger partial charge in [-0.25, -0.2) is 0 Å². The number of likely N-dealkylation sites (tertiary alicyclic amines) is 1. The minimum Gasteiger partial charge on any atom is -0.497 e. The van der Waals surface area contributed by atoms with E-state index < -0.39 is 113 Å². The van der Waals surface area contributed by atoms with Crippen LogP contribution in [0.5, 0.6) is 5.75 Å². The second-order valence-electron chi connectivity index (χ2n) is 19.7. The number of carbonyl (C=O) groups excluding carboxylic acids is 10. The number of primary amides is 2. The number of benzene rings is 2. The standard InChI is InChI=1S/C52H78N14O11S2/c1-77-33-16-14-32(15-17-33)27-37(60-43(69)28-52(79)21-6-3-7-22-52)47(73)64-38(26-31-10-4-2-5-11-31)48(74)61-35(18-19-41(54)67)45(71)62-36(20-23-53)46(72)65-39(30-78)50(76)66-25-9-13-40(66)49(75)63-34(12-8-24-58-51(56)57)44(70)59-29-42(55)68/h2,4-5,10-11,14-17,34-40,78-79H,3,6-9,12-13,18-30,53H2,1H3,(H2,54,67)(H2,55,68)(H,59,70)(H,60,69)(H,61,74)(H,62,71)(H,63,75)(H,64,73)(H,65,72)(H4,56,57,58)/t34-,35-,36-,37-,38-,39-,40-/m0/s1. The maximum Gasteiger partial charge on any atom is 0.246 e. The van der Waals surface area contributed by atoms with Crippen molar-refractivity contribution in [2.75, 3.05) is 39.0 Å². The summed E-state index contributed by atoms with van der Waals surface area (Å²) in [5, 5.41) is 18.5. The molecule has 1 saturated carbocycles. The fraction of sp³-hybridized carbons (Fsp3) is 0.558. The van der Waals surface area contributed by atoms with Crippen LogP contribution >= 0.6 is 25.3 Å². The van der Waals surface area contributed by atoms with Gasteiger partial charge in [0.25, 0.3) is 0 Å². The van der Waals surface area contributed by atoms with Crippen LogP contribution in [0.4, 0.5) is 0 Å². The highest BCUT2D eigenvalue weighted by molar-refractivity contribution is 7.81. The van der Waals surface area contributed by atoms with Crippen LogP contribution in [-0.2, 0) is 60.8 Å². The van der Waals surface area contributed by atoms with Crippen molar-refractivity contribution < 1.29 is 52.7 Å². The molecule has 0 aromatic heterocycles. The van der Waals surface area contributed by atoms with Crippen LogP contribution < -0.4 is 70.6 Å². The smallest absolute Gasteiger partial charge is 0.246 e. The first kappa shape index (κ1) is 64.4. The van der Waals surface area contributed by atoms with E-state index in [2.05, 4.69) is 54.8 Å². The van der Waals surface area contributed by atoms with E-state index >= 15 is 0 Å². The van der Waals surface area contributed by atoms with Gasteiger partial charge in [0.1, 0.15) is 48.0 Å². The topological polar surface area (TPSA) is 410 Å². The molecule has 0 unspecified atom stereocenters. The summed E-state index contributed by atoms with van der Waals surface area (Å²) in [6.07, 6.45) is 4.39. The second-order valence-corrected chi connectivity index (χ2v) is 21.0. The summed E-state index contributed by atoms with van der Waals surface area (Å²) >= 11 is 9.18. The Labute approximate surface area is 470 Å². The van der Waals surface area contributed by atoms with Crippen molar-refractivity contribution >= 4 is 90.3 Å². The Balaban J connectivity index is 1.53. The number of ether oxygens (including phenoxy) is 1. The van der Waals surface area contributed by atoms with Crippen molar-refractivity contribution in [3.8, 4) is 5.75 Å². The molecule has 1 heterocycles. The van der Waals surface area contributed by atoms with Crippen molar-refractivity contribution in [2.45, 2.75) is 143 Å². The zero-order valence-electron chi connectivity index (χ0n) is 44.5. The third-order valence-corrected chi connectivity index (χ3v) is 14.5. The molecule has 2 aromatic carbocycles. The number of rotatable bonds is 32. The molecule has 1 saturated heterocycles. The monoisotopic (exact) mass is 1140 g/mol. The lowest BCUT2D eigenvalue weighted by Gasteiger charge is -2.32. The van der Waals surface area contributed by atoms with Gasteiger partial charge >= 0.3 is 0 Å². The van der Waals surface area contributed by atoms with Crippen LogP contribution in [0.15, 0.2) is 59.6 Å². The SMILES string of the molecule is COc1ccc(C[C@H](NC(=O)CC2(S)CCCCC2)C(=O)N[C@@H](Cc2ccccc2)C(=O)N[C@@H](CCC(N)=O)C(=O)N[C@@H](CCN)C(=O)N[C@@H](CS)C(=O)N2CCC[C@H]2C(=O)N[C@@H](CCCN=C(N)N)C(=O)NCC(N)=O)cc1. The number of nitrogens with zero attached hydrogens (tertiary/aromatic N) is 2. The van der Waals surface area contributed by atoms with Crippen LogP contribution in [-0.4, -0.2) is 156 Å². The summed E-state index contributed by atoms with van der Waals surface area (Å²) in [7, 11) is 1.52. The normalized spacial score (nSPS) is 16.9. The number of hydrogen-bond donors (Lipinski definition) is 14. The molecule has 7 atom stereocenters. The third kappa shape index (κ3) is 21.9. The van der Waals surface area contributed by atoms with Crippen molar-refractivity contribution in [1.82, 2.24) is 42.1 Å². The highest BCUT2D eigenvalue weighted by atomic mass is 32.1. The van der Waals surface area contributed by atoms with Gasteiger partial charge in [-0.15, -0.1) is 0 Å². The molecule has 0 spiro atoms. The van der Waals surface area contributed by atoms with E-state index in [1.54, 1.807) is 54.6 Å². The van der Waals surface area contributed by atoms with E-state index in [1.165, 1.54) is 12.0 Å². The summed E-state index contributed by atoms with van der Waals surface area (Å²) in [4.78, 5) is 140. The Morgan fingerprint density at radius 3 is 1.80 bits per heavy atom. The Kier molecular flexibility index (Phi) is 26.6. The Bertz CT molecular complexity index is 2450. The molecule has 27 heteroatoms. The summed E-state index contributed by atoms with van der Waals surface area (Å²) in [5.41, 5.74) is 28.7. The molecule has 434 valence electrons. The van der Waals surface area contributed by atoms with E-state index in [-0.39, 0.29) is 89.1 Å². The number of hydrogen-bond acceptors (Lipinski definition) is 15. The first-order valence-electron chi connectivity index (χ1n) is 26.4. The molecule has 17 N–H and O–H groups in total. The highest BCUT2D eigenvalue weighted by Gasteiger charge is 2.40. The third-order valence-electron chi connectivity index (χ3n) is 13.5. The highest BCUT2D eigenvalue weighted by Crippen LogP contribution is 2.36. The Morgan fingerprint density at radius 2 is 1.23 bits per heavy atom. The molecule has 0 bridgehead atoms. The van der Waals surface area contributed by atoms with E-state index in [9.17, 15) is 47.9 Å². The van der Waals surface area contributed by atoms with Crippen molar-refractivity contribution in [3.05, 3.63) is 65.7 Å². The molecule has 25 nitrogen and oxygen atoms in total. The predicted octanol–water partition coefficient (Wildman–Crippen LogP) is -2.40. The maximum absolute atomic E-state index is 14.5. The van der Waals surface area contributed by atoms with Crippen LogP contribution in [0.1, 0.15) is 94.6 Å². The van der Waals surface area contributed by atoms with Gasteiger partial charge in [-0.05, 0) is 81.2 Å². The van der Waals surface area contributed by atoms with Gasteiger partial charge in [0.15, 0.2) is 5.96 Å². The first-order chi connectivity index (χ1) is 37.6. The molecule has 1 aliphatic carbocycles. The lowest BCUT2D eigenvalue weighted by Crippen LogP contribution is -2.60. The lowest BCUT2D eigenvalue weighted by molar-refractivity contribution is -0.142. The lowest BCUT2D eigenvalue weighted by atomic mass is 9.85. The fourth-order valence-corrected chi connectivity index (χ4v) is 10.0. The van der Waals surface area contributed by atoms with Crippen molar-refractivity contribution in [3.63, 3.8) is 0 Å². The summed E-state index contributed by atoms with van der Waals surface area (Å²) in [6, 6.07) is 6.63. The van der Waals surface area contributed by atoms with Crippen molar-refractivity contribution in [2.24, 2.45) is 33.7 Å². The zero-order chi connectivity index (χ0) is 58.1. The van der Waals surface area contributed by atoms with Crippen LogP contribution in [0.25, 0.3) is 0 Å². The molecule has 10 amide bonds. The molecule has 4 rings (SSSR count). The maximum atomic E-state index is 14.5. The van der Waals surface area contributed by atoms with E-state index in [1.807, 2.05) is 0 Å². The van der Waals surface area contributed by atoms with E-state index in [0.717, 1.165) is 32.1 Å². The second kappa shape index (κ2) is 32.7. The summed E-state index contributed by atoms with van der Waals surface area (Å²) in [5.74, 6) is -7.30. The molecular formula is C52H78N14O11S2. The average molecular weight is 1140 g/mol. The predicted molar refractivity (Wildman–Crippen MR) is 301 cm³/mol. The van der Waals surface area contributed by atoms with Crippen LogP contribution in [0, 0.1) is 0 Å². The number of methoxy groups -OCH3 is 1.